The number of nitrogens with zero attached hydrogens (tertiary/aromatic N) is 2. The van der Waals surface area contributed by atoms with E-state index in [1.165, 1.54) is 7.11 Å². The summed E-state index contributed by atoms with van der Waals surface area (Å²) >= 11 is 3.37. The molecule has 19 heavy (non-hydrogen) atoms. The minimum atomic E-state index is -0.917. The van der Waals surface area contributed by atoms with Gasteiger partial charge in [-0.3, -0.25) is 4.68 Å². The predicted octanol–water partition coefficient (Wildman–Crippen LogP) is 2.36. The van der Waals surface area contributed by atoms with Crippen LogP contribution in [-0.2, 0) is 11.3 Å². The lowest BCUT2D eigenvalue weighted by Crippen LogP contribution is -2.26. The van der Waals surface area contributed by atoms with Crippen molar-refractivity contribution in [1.82, 2.24) is 9.78 Å². The average molecular weight is 327 g/mol. The van der Waals surface area contributed by atoms with Crippen LogP contribution in [0.25, 0.3) is 10.9 Å². The smallest absolute Gasteiger partial charge is 0.359 e. The van der Waals surface area contributed by atoms with Crippen molar-refractivity contribution >= 4 is 32.8 Å². The molecule has 0 unspecified atom stereocenters. The fraction of sp³-hybridized carbons (Fsp3) is 0.385. The molecule has 0 amide bonds. The molecule has 2 aromatic rings. The van der Waals surface area contributed by atoms with Gasteiger partial charge in [0.05, 0.1) is 24.8 Å². The Bertz CT molecular complexity index is 629. The molecule has 5 nitrogen and oxygen atoms in total. The second kappa shape index (κ2) is 4.94. The van der Waals surface area contributed by atoms with Gasteiger partial charge >= 0.3 is 5.97 Å². The van der Waals surface area contributed by atoms with Gasteiger partial charge in [-0.1, -0.05) is 15.9 Å². The molecule has 0 bridgehead atoms. The van der Waals surface area contributed by atoms with Crippen LogP contribution in [-0.4, -0.2) is 33.6 Å². The maximum atomic E-state index is 11.7. The van der Waals surface area contributed by atoms with Crippen molar-refractivity contribution < 1.29 is 14.6 Å². The van der Waals surface area contributed by atoms with Crippen molar-refractivity contribution in [3.05, 3.63) is 28.4 Å². The Morgan fingerprint density at radius 3 is 2.79 bits per heavy atom. The largest absolute Gasteiger partial charge is 0.464 e. The van der Waals surface area contributed by atoms with E-state index in [-0.39, 0.29) is 5.69 Å². The molecule has 6 heteroatoms. The highest BCUT2D eigenvalue weighted by Gasteiger charge is 2.21. The summed E-state index contributed by atoms with van der Waals surface area (Å²) in [5.74, 6) is -0.488. The molecule has 0 atom stereocenters. The first kappa shape index (κ1) is 14.0. The molecule has 0 saturated heterocycles. The van der Waals surface area contributed by atoms with Crippen LogP contribution in [0.4, 0.5) is 0 Å². The minimum Gasteiger partial charge on any atom is -0.464 e. The molecule has 0 aliphatic heterocycles. The van der Waals surface area contributed by atoms with Crippen LogP contribution in [0.15, 0.2) is 22.7 Å². The van der Waals surface area contributed by atoms with Gasteiger partial charge in [0.25, 0.3) is 0 Å². The summed E-state index contributed by atoms with van der Waals surface area (Å²) in [5, 5.41) is 14.9. The Balaban J connectivity index is 2.63. The van der Waals surface area contributed by atoms with E-state index >= 15 is 0 Å². The molecule has 0 aliphatic carbocycles. The summed E-state index contributed by atoms with van der Waals surface area (Å²) < 4.78 is 7.21. The number of aromatic nitrogens is 2. The molecule has 2 rings (SSSR count). The SMILES string of the molecule is COC(=O)c1nn(CC(C)(C)O)c2ccc(Br)cc12. The Morgan fingerprint density at radius 1 is 1.53 bits per heavy atom. The van der Waals surface area contributed by atoms with E-state index in [1.54, 1.807) is 18.5 Å². The number of fused-ring (bicyclic) bond motifs is 1. The summed E-state index contributed by atoms with van der Waals surface area (Å²) in [4.78, 5) is 11.7. The van der Waals surface area contributed by atoms with Gasteiger partial charge in [0, 0.05) is 9.86 Å². The molecular formula is C13H15BrN2O3. The molecule has 1 aromatic heterocycles. The number of hydrogen-bond donors (Lipinski definition) is 1. The maximum absolute atomic E-state index is 11.7. The molecule has 0 aliphatic rings. The fourth-order valence-electron chi connectivity index (χ4n) is 1.89. The van der Waals surface area contributed by atoms with Crippen LogP contribution in [0.2, 0.25) is 0 Å². The van der Waals surface area contributed by atoms with Gasteiger partial charge in [0.15, 0.2) is 5.69 Å². The summed E-state index contributed by atoms with van der Waals surface area (Å²) in [6.45, 7) is 3.68. The van der Waals surface area contributed by atoms with Crippen LogP contribution in [0, 0.1) is 0 Å². The third kappa shape index (κ3) is 2.96. The van der Waals surface area contributed by atoms with Crippen LogP contribution < -0.4 is 0 Å². The second-order valence-corrected chi connectivity index (χ2v) is 5.89. The molecule has 0 fully saturated rings. The van der Waals surface area contributed by atoms with Crippen molar-refractivity contribution in [3.63, 3.8) is 0 Å². The monoisotopic (exact) mass is 326 g/mol. The van der Waals surface area contributed by atoms with E-state index in [2.05, 4.69) is 21.0 Å². The molecule has 1 N–H and O–H groups in total. The number of ether oxygens (including phenoxy) is 1. The summed E-state index contributed by atoms with van der Waals surface area (Å²) in [6.07, 6.45) is 0. The zero-order valence-corrected chi connectivity index (χ0v) is 12.6. The van der Waals surface area contributed by atoms with E-state index in [0.29, 0.717) is 11.9 Å². The average Bonchev–Trinajstić information content (AvgIpc) is 2.64. The Morgan fingerprint density at radius 2 is 2.21 bits per heavy atom. The van der Waals surface area contributed by atoms with Gasteiger partial charge < -0.3 is 9.84 Å². The summed E-state index contributed by atoms with van der Waals surface area (Å²) in [5.41, 5.74) is 0.119. The number of halogens is 1. The summed E-state index contributed by atoms with van der Waals surface area (Å²) in [7, 11) is 1.32. The number of benzene rings is 1. The van der Waals surface area contributed by atoms with Crippen LogP contribution in [0.5, 0.6) is 0 Å². The molecule has 1 heterocycles. The first-order chi connectivity index (χ1) is 8.81. The lowest BCUT2D eigenvalue weighted by molar-refractivity contribution is 0.0551. The maximum Gasteiger partial charge on any atom is 0.359 e. The van der Waals surface area contributed by atoms with E-state index in [1.807, 2.05) is 18.2 Å². The van der Waals surface area contributed by atoms with Gasteiger partial charge in [-0.05, 0) is 32.0 Å². The Labute approximate surface area is 119 Å². The molecule has 1 aromatic carbocycles. The second-order valence-electron chi connectivity index (χ2n) is 4.97. The highest BCUT2D eigenvalue weighted by Crippen LogP contribution is 2.24. The summed E-state index contributed by atoms with van der Waals surface area (Å²) in [6, 6.07) is 5.53. The number of carbonyl (C=O) groups excluding carboxylic acids is 1. The molecule has 0 saturated carbocycles. The zero-order chi connectivity index (χ0) is 14.2. The fourth-order valence-corrected chi connectivity index (χ4v) is 2.25. The van der Waals surface area contributed by atoms with Crippen molar-refractivity contribution in [2.45, 2.75) is 26.0 Å². The lowest BCUT2D eigenvalue weighted by atomic mass is 10.1. The number of hydrogen-bond acceptors (Lipinski definition) is 4. The number of carbonyl (C=O) groups is 1. The number of esters is 1. The highest BCUT2D eigenvalue weighted by molar-refractivity contribution is 9.10. The third-order valence-electron chi connectivity index (χ3n) is 2.63. The van der Waals surface area contributed by atoms with Crippen molar-refractivity contribution in [2.75, 3.05) is 7.11 Å². The standard InChI is InChI=1S/C13H15BrN2O3/c1-13(2,18)7-16-10-5-4-8(14)6-9(10)11(15-16)12(17)19-3/h4-6,18H,7H2,1-3H3. The minimum absolute atomic E-state index is 0.253. The normalized spacial score (nSPS) is 11.8. The van der Waals surface area contributed by atoms with Crippen LogP contribution in [0.1, 0.15) is 24.3 Å². The zero-order valence-electron chi connectivity index (χ0n) is 11.0. The third-order valence-corrected chi connectivity index (χ3v) is 3.12. The first-order valence-electron chi connectivity index (χ1n) is 5.78. The molecule has 0 spiro atoms. The molecule has 0 radical (unpaired) electrons. The number of rotatable bonds is 3. The first-order valence-corrected chi connectivity index (χ1v) is 6.58. The van der Waals surface area contributed by atoms with E-state index < -0.39 is 11.6 Å². The number of methoxy groups -OCH3 is 1. The van der Waals surface area contributed by atoms with Crippen LogP contribution in [0.3, 0.4) is 0 Å². The van der Waals surface area contributed by atoms with Crippen molar-refractivity contribution in [1.29, 1.82) is 0 Å². The van der Waals surface area contributed by atoms with E-state index in [0.717, 1.165) is 9.99 Å². The topological polar surface area (TPSA) is 64.3 Å². The quantitative estimate of drug-likeness (QED) is 0.879. The highest BCUT2D eigenvalue weighted by atomic mass is 79.9. The number of aliphatic hydroxyl groups is 1. The van der Waals surface area contributed by atoms with Gasteiger partial charge in [-0.25, -0.2) is 4.79 Å². The van der Waals surface area contributed by atoms with Gasteiger partial charge in [0.1, 0.15) is 0 Å². The van der Waals surface area contributed by atoms with Crippen LogP contribution >= 0.6 is 15.9 Å². The van der Waals surface area contributed by atoms with Gasteiger partial charge in [-0.2, -0.15) is 5.10 Å². The van der Waals surface area contributed by atoms with Gasteiger partial charge in [-0.15, -0.1) is 0 Å². The van der Waals surface area contributed by atoms with Crippen molar-refractivity contribution in [3.8, 4) is 0 Å². The predicted molar refractivity (Wildman–Crippen MR) is 75.1 cm³/mol. The molecule has 102 valence electrons. The lowest BCUT2D eigenvalue weighted by Gasteiger charge is -2.17. The van der Waals surface area contributed by atoms with E-state index in [9.17, 15) is 9.90 Å². The Kier molecular flexibility index (Phi) is 3.64. The Hall–Kier alpha value is -1.40. The van der Waals surface area contributed by atoms with Gasteiger partial charge in [0.2, 0.25) is 0 Å². The van der Waals surface area contributed by atoms with E-state index in [4.69, 9.17) is 4.74 Å². The van der Waals surface area contributed by atoms with Crippen molar-refractivity contribution in [2.24, 2.45) is 0 Å². The molecular weight excluding hydrogens is 312 g/mol.